The maximum Gasteiger partial charge on any atom is 0.274 e. The zero-order valence-corrected chi connectivity index (χ0v) is 16.1. The van der Waals surface area contributed by atoms with Crippen LogP contribution < -0.4 is 10.9 Å². The molecule has 0 aromatic carbocycles. The number of fused-ring (bicyclic) bond motifs is 1. The molecule has 3 heterocycles. The SMILES string of the molecule is Cn1[nH]c(=O)c2c(C(=O)NCCSCc3cccs3)cc(C3CC3)nc21. The van der Waals surface area contributed by atoms with E-state index in [9.17, 15) is 9.59 Å². The summed E-state index contributed by atoms with van der Waals surface area (Å²) in [6, 6.07) is 5.96. The second-order valence-electron chi connectivity index (χ2n) is 6.46. The van der Waals surface area contributed by atoms with Crippen molar-refractivity contribution in [2.24, 2.45) is 7.05 Å². The lowest BCUT2D eigenvalue weighted by Crippen LogP contribution is -2.27. The number of thioether (sulfide) groups is 1. The Morgan fingerprint density at radius 1 is 1.50 bits per heavy atom. The van der Waals surface area contributed by atoms with Crippen molar-refractivity contribution in [3.63, 3.8) is 0 Å². The van der Waals surface area contributed by atoms with Gasteiger partial charge in [0.25, 0.3) is 11.5 Å². The van der Waals surface area contributed by atoms with Gasteiger partial charge in [0, 0.05) is 41.6 Å². The fourth-order valence-corrected chi connectivity index (χ4v) is 4.64. The van der Waals surface area contributed by atoms with Gasteiger partial charge in [-0.2, -0.15) is 11.8 Å². The molecular weight excluding hydrogens is 368 g/mol. The van der Waals surface area contributed by atoms with E-state index in [4.69, 9.17) is 0 Å². The molecule has 0 bridgehead atoms. The number of carbonyl (C=O) groups is 1. The van der Waals surface area contributed by atoms with Crippen LogP contribution in [0.25, 0.3) is 11.0 Å². The van der Waals surface area contributed by atoms with Gasteiger partial charge in [0.2, 0.25) is 0 Å². The van der Waals surface area contributed by atoms with E-state index < -0.39 is 0 Å². The summed E-state index contributed by atoms with van der Waals surface area (Å²) in [6.07, 6.45) is 2.19. The Kier molecular flexibility index (Phi) is 4.86. The van der Waals surface area contributed by atoms with Crippen molar-refractivity contribution in [1.29, 1.82) is 0 Å². The summed E-state index contributed by atoms with van der Waals surface area (Å²) >= 11 is 3.53. The molecule has 0 unspecified atom stereocenters. The van der Waals surface area contributed by atoms with Gasteiger partial charge in [0.1, 0.15) is 0 Å². The lowest BCUT2D eigenvalue weighted by atomic mass is 10.1. The number of carbonyl (C=O) groups excluding carboxylic acids is 1. The molecule has 0 saturated heterocycles. The Bertz CT molecular complexity index is 987. The number of amides is 1. The van der Waals surface area contributed by atoms with Crippen LogP contribution in [0.2, 0.25) is 0 Å². The zero-order chi connectivity index (χ0) is 18.1. The maximum atomic E-state index is 12.7. The largest absolute Gasteiger partial charge is 0.351 e. The third-order valence-electron chi connectivity index (χ3n) is 4.43. The predicted octanol–water partition coefficient (Wildman–Crippen LogP) is 2.86. The molecule has 3 aromatic heterocycles. The van der Waals surface area contributed by atoms with E-state index in [1.54, 1.807) is 40.9 Å². The van der Waals surface area contributed by atoms with Crippen molar-refractivity contribution < 1.29 is 4.79 Å². The number of aromatic nitrogens is 3. The number of aryl methyl sites for hydroxylation is 1. The van der Waals surface area contributed by atoms with E-state index in [0.717, 1.165) is 30.0 Å². The van der Waals surface area contributed by atoms with Gasteiger partial charge in [-0.3, -0.25) is 19.4 Å². The number of nitrogens with zero attached hydrogens (tertiary/aromatic N) is 2. The summed E-state index contributed by atoms with van der Waals surface area (Å²) in [5.74, 6) is 2.00. The summed E-state index contributed by atoms with van der Waals surface area (Å²) in [7, 11) is 1.75. The highest BCUT2D eigenvalue weighted by Gasteiger charge is 2.28. The molecule has 0 atom stereocenters. The molecule has 136 valence electrons. The Labute approximate surface area is 159 Å². The molecule has 4 rings (SSSR count). The molecule has 6 nitrogen and oxygen atoms in total. The Balaban J connectivity index is 1.46. The van der Waals surface area contributed by atoms with Crippen molar-refractivity contribution in [3.8, 4) is 0 Å². The first-order chi connectivity index (χ1) is 12.6. The summed E-state index contributed by atoms with van der Waals surface area (Å²) in [5, 5.41) is 8.10. The smallest absolute Gasteiger partial charge is 0.274 e. The molecule has 1 aliphatic carbocycles. The van der Waals surface area contributed by atoms with Crippen molar-refractivity contribution in [1.82, 2.24) is 20.1 Å². The molecule has 8 heteroatoms. The van der Waals surface area contributed by atoms with Gasteiger partial charge < -0.3 is 5.32 Å². The number of pyridine rings is 1. The molecular formula is C18H20N4O2S2. The van der Waals surface area contributed by atoms with Crippen LogP contribution in [0.15, 0.2) is 28.4 Å². The van der Waals surface area contributed by atoms with Crippen LogP contribution in [0, 0.1) is 0 Å². The monoisotopic (exact) mass is 388 g/mol. The summed E-state index contributed by atoms with van der Waals surface area (Å²) < 4.78 is 1.59. The molecule has 1 saturated carbocycles. The fourth-order valence-electron chi connectivity index (χ4n) is 2.95. The minimum absolute atomic E-state index is 0.201. The fraction of sp³-hybridized carbons (Fsp3) is 0.389. The average molecular weight is 389 g/mol. The quantitative estimate of drug-likeness (QED) is 0.610. The number of hydrogen-bond donors (Lipinski definition) is 2. The minimum Gasteiger partial charge on any atom is -0.351 e. The minimum atomic E-state index is -0.269. The van der Waals surface area contributed by atoms with Crippen molar-refractivity contribution >= 4 is 40.0 Å². The average Bonchev–Trinajstić information content (AvgIpc) is 3.28. The maximum absolute atomic E-state index is 12.7. The third-order valence-corrected chi connectivity index (χ3v) is 6.50. The van der Waals surface area contributed by atoms with Crippen molar-refractivity contribution in [2.45, 2.75) is 24.5 Å². The number of thiophene rings is 1. The second kappa shape index (κ2) is 7.28. The van der Waals surface area contributed by atoms with Gasteiger partial charge in [-0.1, -0.05) is 6.07 Å². The van der Waals surface area contributed by atoms with Crippen LogP contribution in [0.3, 0.4) is 0 Å². The van der Waals surface area contributed by atoms with Gasteiger partial charge in [-0.15, -0.1) is 11.3 Å². The van der Waals surface area contributed by atoms with E-state index in [1.807, 2.05) is 6.07 Å². The first-order valence-electron chi connectivity index (χ1n) is 8.61. The van der Waals surface area contributed by atoms with Crippen molar-refractivity contribution in [3.05, 3.63) is 50.1 Å². The van der Waals surface area contributed by atoms with Crippen molar-refractivity contribution in [2.75, 3.05) is 12.3 Å². The molecule has 0 spiro atoms. The van der Waals surface area contributed by atoms with Gasteiger partial charge in [0.05, 0.1) is 10.9 Å². The molecule has 0 aliphatic heterocycles. The third kappa shape index (κ3) is 3.57. The Morgan fingerprint density at radius 3 is 3.08 bits per heavy atom. The van der Waals surface area contributed by atoms with E-state index in [-0.39, 0.29) is 11.5 Å². The topological polar surface area (TPSA) is 79.8 Å². The van der Waals surface area contributed by atoms with Crippen LogP contribution in [-0.2, 0) is 12.8 Å². The summed E-state index contributed by atoms with van der Waals surface area (Å²) in [4.78, 5) is 30.9. The summed E-state index contributed by atoms with van der Waals surface area (Å²) in [6.45, 7) is 0.572. The molecule has 0 radical (unpaired) electrons. The molecule has 26 heavy (non-hydrogen) atoms. The lowest BCUT2D eigenvalue weighted by molar-refractivity contribution is 0.0957. The number of hydrogen-bond acceptors (Lipinski definition) is 5. The molecule has 1 amide bonds. The molecule has 1 aliphatic rings. The molecule has 2 N–H and O–H groups in total. The Morgan fingerprint density at radius 2 is 2.35 bits per heavy atom. The van der Waals surface area contributed by atoms with E-state index in [2.05, 4.69) is 26.8 Å². The van der Waals surface area contributed by atoms with Gasteiger partial charge in [-0.25, -0.2) is 4.98 Å². The molecule has 1 fully saturated rings. The van der Waals surface area contributed by atoms with Gasteiger partial charge in [0.15, 0.2) is 5.65 Å². The number of rotatable bonds is 7. The number of H-pyrrole nitrogens is 1. The number of aromatic amines is 1. The normalized spacial score (nSPS) is 14.0. The number of nitrogens with one attached hydrogen (secondary N) is 2. The van der Waals surface area contributed by atoms with Crippen LogP contribution in [-0.4, -0.2) is 33.0 Å². The van der Waals surface area contributed by atoms with Crippen LogP contribution in [0.4, 0.5) is 0 Å². The van der Waals surface area contributed by atoms with Crippen LogP contribution in [0.5, 0.6) is 0 Å². The van der Waals surface area contributed by atoms with Gasteiger partial charge in [-0.05, 0) is 30.4 Å². The van der Waals surface area contributed by atoms with E-state index in [0.29, 0.717) is 29.1 Å². The lowest BCUT2D eigenvalue weighted by Gasteiger charge is -2.08. The first-order valence-corrected chi connectivity index (χ1v) is 10.6. The van der Waals surface area contributed by atoms with Gasteiger partial charge >= 0.3 is 0 Å². The van der Waals surface area contributed by atoms with E-state index in [1.165, 1.54) is 4.88 Å². The Hall–Kier alpha value is -2.06. The van der Waals surface area contributed by atoms with Crippen LogP contribution >= 0.6 is 23.1 Å². The first kappa shape index (κ1) is 17.4. The second-order valence-corrected chi connectivity index (χ2v) is 8.59. The zero-order valence-electron chi connectivity index (χ0n) is 14.4. The standard InChI is InChI=1S/C18H20N4O2S2/c1-22-16-15(18(24)21-22)13(9-14(20-16)11-4-5-11)17(23)19-6-8-25-10-12-3-2-7-26-12/h2-3,7,9,11H,4-6,8,10H2,1H3,(H,19,23)(H,21,24). The van der Waals surface area contributed by atoms with E-state index >= 15 is 0 Å². The highest BCUT2D eigenvalue weighted by molar-refractivity contribution is 7.98. The highest BCUT2D eigenvalue weighted by atomic mass is 32.2. The highest BCUT2D eigenvalue weighted by Crippen LogP contribution is 2.39. The predicted molar refractivity (Wildman–Crippen MR) is 106 cm³/mol. The molecule has 3 aromatic rings. The van der Waals surface area contributed by atoms with Crippen LogP contribution in [0.1, 0.15) is 39.7 Å². The summed E-state index contributed by atoms with van der Waals surface area (Å²) in [5.41, 5.74) is 1.62.